The average molecular weight is 641 g/mol. The summed E-state index contributed by atoms with van der Waals surface area (Å²) in [5, 5.41) is 2.24. The first-order valence-electron chi connectivity index (χ1n) is 10.4. The highest BCUT2D eigenvalue weighted by molar-refractivity contribution is 9.13. The molecule has 3 aromatic rings. The fourth-order valence-corrected chi connectivity index (χ4v) is 4.78. The first-order valence-corrected chi connectivity index (χ1v) is 12.8. The summed E-state index contributed by atoms with van der Waals surface area (Å²) in [5.41, 5.74) is 4.46. The number of benzene rings is 3. The van der Waals surface area contributed by atoms with E-state index in [9.17, 15) is 9.59 Å². The van der Waals surface area contributed by atoms with Gasteiger partial charge in [0.1, 0.15) is 12.2 Å². The molecule has 0 bridgehead atoms. The lowest BCUT2D eigenvalue weighted by Gasteiger charge is -2.17. The van der Waals surface area contributed by atoms with Crippen LogP contribution in [0.5, 0.6) is 11.5 Å². The molecule has 180 valence electrons. The number of halogens is 4. The Labute approximate surface area is 229 Å². The van der Waals surface area contributed by atoms with E-state index in [1.54, 1.807) is 48.5 Å². The second kappa shape index (κ2) is 11.0. The zero-order valence-electron chi connectivity index (χ0n) is 18.3. The minimum absolute atomic E-state index is 0.00878. The molecule has 35 heavy (non-hydrogen) atoms. The quantitative estimate of drug-likeness (QED) is 0.224. The topological polar surface area (TPSA) is 67.9 Å². The van der Waals surface area contributed by atoms with Crippen LogP contribution < -0.4 is 19.9 Å². The lowest BCUT2D eigenvalue weighted by atomic mass is 10.1. The van der Waals surface area contributed by atoms with Gasteiger partial charge in [-0.05, 0) is 80.8 Å². The van der Waals surface area contributed by atoms with Crippen molar-refractivity contribution in [3.8, 4) is 11.5 Å². The minimum atomic E-state index is -0.502. The van der Waals surface area contributed by atoms with E-state index in [1.807, 2.05) is 13.0 Å². The highest BCUT2D eigenvalue weighted by Gasteiger charge is 2.34. The zero-order chi connectivity index (χ0) is 25.1. The maximum Gasteiger partial charge on any atom is 0.282 e. The van der Waals surface area contributed by atoms with Gasteiger partial charge in [0.05, 0.1) is 16.8 Å². The van der Waals surface area contributed by atoms with E-state index in [1.165, 1.54) is 11.1 Å². The molecular formula is C25H18Br2Cl2N2O4. The van der Waals surface area contributed by atoms with E-state index >= 15 is 0 Å². The number of hydrazine groups is 1. The smallest absolute Gasteiger partial charge is 0.282 e. The lowest BCUT2D eigenvalue weighted by Crippen LogP contribution is -2.35. The summed E-state index contributed by atoms with van der Waals surface area (Å²) in [6, 6.07) is 15.7. The van der Waals surface area contributed by atoms with E-state index in [2.05, 4.69) is 37.3 Å². The summed E-state index contributed by atoms with van der Waals surface area (Å²) >= 11 is 19.4. The second-order valence-electron chi connectivity index (χ2n) is 7.35. The van der Waals surface area contributed by atoms with Gasteiger partial charge in [-0.3, -0.25) is 15.0 Å². The summed E-state index contributed by atoms with van der Waals surface area (Å²) in [6.45, 7) is 2.40. The van der Waals surface area contributed by atoms with Crippen LogP contribution in [0.3, 0.4) is 0 Å². The van der Waals surface area contributed by atoms with E-state index in [-0.39, 0.29) is 12.2 Å². The number of hydrogen-bond donors (Lipinski definition) is 1. The van der Waals surface area contributed by atoms with Gasteiger partial charge in [-0.25, -0.2) is 5.01 Å². The molecule has 1 fully saturated rings. The molecule has 0 spiro atoms. The molecule has 1 N–H and O–H groups in total. The summed E-state index contributed by atoms with van der Waals surface area (Å²) < 4.78 is 13.0. The Morgan fingerprint density at radius 1 is 1.00 bits per heavy atom. The Morgan fingerprint density at radius 3 is 2.43 bits per heavy atom. The van der Waals surface area contributed by atoms with Gasteiger partial charge in [0.2, 0.25) is 0 Å². The van der Waals surface area contributed by atoms with Crippen molar-refractivity contribution < 1.29 is 19.1 Å². The van der Waals surface area contributed by atoms with Gasteiger partial charge in [0.25, 0.3) is 11.8 Å². The van der Waals surface area contributed by atoms with E-state index in [4.69, 9.17) is 32.7 Å². The number of nitrogens with zero attached hydrogens (tertiary/aromatic N) is 1. The van der Waals surface area contributed by atoms with Gasteiger partial charge in [-0.1, -0.05) is 47.5 Å². The summed E-state index contributed by atoms with van der Waals surface area (Å²) in [7, 11) is 0. The molecule has 6 nitrogen and oxygen atoms in total. The molecule has 3 aromatic carbocycles. The normalized spacial score (nSPS) is 14.4. The lowest BCUT2D eigenvalue weighted by molar-refractivity contribution is -0.117. The SMILES string of the molecule is CCOc1cc(/C=C2/C(=O)NN(c3ccccc3)C2=O)c(Br)c(Br)c1OCc1ccc(Cl)cc1Cl. The number of rotatable bonds is 7. The zero-order valence-corrected chi connectivity index (χ0v) is 23.0. The predicted octanol–water partition coefficient (Wildman–Crippen LogP) is 6.96. The number of nitrogens with one attached hydrogen (secondary N) is 1. The predicted molar refractivity (Wildman–Crippen MR) is 144 cm³/mol. The van der Waals surface area contributed by atoms with Gasteiger partial charge in [0.15, 0.2) is 11.5 Å². The van der Waals surface area contributed by atoms with Crippen molar-refractivity contribution in [1.29, 1.82) is 0 Å². The number of ether oxygens (including phenoxy) is 2. The molecule has 1 aliphatic heterocycles. The Hall–Kier alpha value is -2.52. The first kappa shape index (κ1) is 25.6. The first-order chi connectivity index (χ1) is 16.8. The van der Waals surface area contributed by atoms with Crippen LogP contribution >= 0.6 is 55.1 Å². The van der Waals surface area contributed by atoms with Crippen LogP contribution in [0.2, 0.25) is 10.0 Å². The van der Waals surface area contributed by atoms with Crippen molar-refractivity contribution in [1.82, 2.24) is 5.43 Å². The Morgan fingerprint density at radius 2 is 1.74 bits per heavy atom. The number of carbonyl (C=O) groups is 2. The molecule has 10 heteroatoms. The molecule has 4 rings (SSSR count). The number of carbonyl (C=O) groups excluding carboxylic acids is 2. The van der Waals surface area contributed by atoms with Crippen LogP contribution in [0.4, 0.5) is 5.69 Å². The summed E-state index contributed by atoms with van der Waals surface area (Å²) in [4.78, 5) is 25.6. The Kier molecular flexibility index (Phi) is 8.06. The molecule has 0 unspecified atom stereocenters. The van der Waals surface area contributed by atoms with Gasteiger partial charge in [-0.15, -0.1) is 0 Å². The third-order valence-electron chi connectivity index (χ3n) is 5.05. The van der Waals surface area contributed by atoms with Crippen LogP contribution in [0, 0.1) is 0 Å². The van der Waals surface area contributed by atoms with Gasteiger partial charge >= 0.3 is 0 Å². The van der Waals surface area contributed by atoms with Gasteiger partial charge < -0.3 is 9.47 Å². The molecule has 1 aliphatic rings. The number of para-hydroxylation sites is 1. The van der Waals surface area contributed by atoms with Crippen molar-refractivity contribution in [2.45, 2.75) is 13.5 Å². The average Bonchev–Trinajstić information content (AvgIpc) is 3.12. The van der Waals surface area contributed by atoms with Crippen LogP contribution in [0.15, 0.2) is 69.1 Å². The second-order valence-corrected chi connectivity index (χ2v) is 9.78. The monoisotopic (exact) mass is 638 g/mol. The third kappa shape index (κ3) is 5.51. The molecule has 0 saturated carbocycles. The maximum atomic E-state index is 13.0. The van der Waals surface area contributed by atoms with Crippen LogP contribution in [-0.4, -0.2) is 18.4 Å². The number of anilines is 1. The van der Waals surface area contributed by atoms with Crippen LogP contribution in [0.25, 0.3) is 6.08 Å². The highest BCUT2D eigenvalue weighted by atomic mass is 79.9. The molecule has 2 amide bonds. The van der Waals surface area contributed by atoms with Gasteiger partial charge in [-0.2, -0.15) is 0 Å². The third-order valence-corrected chi connectivity index (χ3v) is 7.78. The van der Waals surface area contributed by atoms with Crippen molar-refractivity contribution in [3.05, 3.63) is 90.3 Å². The van der Waals surface area contributed by atoms with Crippen LogP contribution in [0.1, 0.15) is 18.1 Å². The van der Waals surface area contributed by atoms with E-state index < -0.39 is 11.8 Å². The van der Waals surface area contributed by atoms with Gasteiger partial charge in [0, 0.05) is 20.1 Å². The summed E-state index contributed by atoms with van der Waals surface area (Å²) in [6.07, 6.45) is 1.51. The van der Waals surface area contributed by atoms with Crippen molar-refractivity contribution in [2.24, 2.45) is 0 Å². The van der Waals surface area contributed by atoms with Crippen molar-refractivity contribution >= 4 is 78.6 Å². The van der Waals surface area contributed by atoms with Crippen LogP contribution in [-0.2, 0) is 16.2 Å². The molecule has 1 heterocycles. The summed E-state index contributed by atoms with van der Waals surface area (Å²) in [5.74, 6) is -0.0808. The minimum Gasteiger partial charge on any atom is -0.490 e. The van der Waals surface area contributed by atoms with E-state index in [0.29, 0.717) is 48.3 Å². The molecule has 0 atom stereocenters. The largest absolute Gasteiger partial charge is 0.490 e. The fraction of sp³-hybridized carbons (Fsp3) is 0.120. The standard InChI is InChI=1S/C25H18Br2Cl2N2O4/c1-2-34-20-11-15(10-18-24(32)30-31(25(18)33)17-6-4-3-5-7-17)21(26)22(27)23(20)35-13-14-8-9-16(28)12-19(14)29/h3-12H,2,13H2,1H3,(H,30,32)/b18-10-. The molecule has 0 aromatic heterocycles. The molecule has 1 saturated heterocycles. The van der Waals surface area contributed by atoms with Crippen molar-refractivity contribution in [2.75, 3.05) is 11.6 Å². The highest BCUT2D eigenvalue weighted by Crippen LogP contribution is 2.44. The Balaban J connectivity index is 1.67. The Bertz CT molecular complexity index is 1330. The van der Waals surface area contributed by atoms with E-state index in [0.717, 1.165) is 5.56 Å². The maximum absolute atomic E-state index is 13.0. The van der Waals surface area contributed by atoms with Crippen molar-refractivity contribution in [3.63, 3.8) is 0 Å². The molecule has 0 aliphatic carbocycles. The molecule has 0 radical (unpaired) electrons. The number of hydrogen-bond acceptors (Lipinski definition) is 4. The molecular weight excluding hydrogens is 623 g/mol. The number of amides is 2. The fourth-order valence-electron chi connectivity index (χ4n) is 3.37.